The van der Waals surface area contributed by atoms with Gasteiger partial charge in [-0.15, -0.1) is 0 Å². The van der Waals surface area contributed by atoms with Crippen molar-refractivity contribution in [2.75, 3.05) is 12.4 Å². The molecule has 0 atom stereocenters. The maximum absolute atomic E-state index is 11.9. The van der Waals surface area contributed by atoms with Crippen molar-refractivity contribution in [1.29, 1.82) is 0 Å². The molecule has 154 valence electrons. The Balaban J connectivity index is 1.93. The fraction of sp³-hybridized carbons (Fsp3) is 0.350. The van der Waals surface area contributed by atoms with Crippen LogP contribution in [0.5, 0.6) is 0 Å². The minimum absolute atomic E-state index is 0.198. The summed E-state index contributed by atoms with van der Waals surface area (Å²) in [4.78, 5) is 13.9. The molecule has 29 heavy (non-hydrogen) atoms. The Morgan fingerprint density at radius 2 is 1.79 bits per heavy atom. The molecule has 0 saturated carbocycles. The van der Waals surface area contributed by atoms with Crippen LogP contribution < -0.4 is 10.0 Å². The molecule has 9 heteroatoms. The average molecular weight is 415 g/mol. The minimum Gasteiger partial charge on any atom is -0.324 e. The fourth-order valence-electron chi connectivity index (χ4n) is 3.23. The van der Waals surface area contributed by atoms with Gasteiger partial charge in [-0.05, 0) is 58.2 Å². The number of nitrogens with zero attached hydrogens (tertiary/aromatic N) is 4. The van der Waals surface area contributed by atoms with Crippen LogP contribution in [0.2, 0.25) is 0 Å². The second-order valence-corrected chi connectivity index (χ2v) is 8.79. The number of aryl methyl sites for hydroxylation is 2. The molecule has 0 bridgehead atoms. The molecular formula is C20H26N6O2S. The largest absolute Gasteiger partial charge is 0.324 e. The molecule has 3 aromatic rings. The van der Waals surface area contributed by atoms with Gasteiger partial charge in [-0.25, -0.2) is 28.1 Å². The Kier molecular flexibility index (Phi) is 5.99. The third-order valence-electron chi connectivity index (χ3n) is 4.58. The Bertz CT molecular complexity index is 1100. The molecule has 0 saturated heterocycles. The molecule has 2 N–H and O–H groups in total. The van der Waals surface area contributed by atoms with Crippen LogP contribution in [0.25, 0.3) is 11.4 Å². The van der Waals surface area contributed by atoms with Crippen molar-refractivity contribution in [2.24, 2.45) is 0 Å². The summed E-state index contributed by atoms with van der Waals surface area (Å²) >= 11 is 0. The molecular weight excluding hydrogens is 388 g/mol. The minimum atomic E-state index is -3.47. The summed E-state index contributed by atoms with van der Waals surface area (Å²) in [6.07, 6.45) is 2.55. The standard InChI is InChI=1S/C20H26N6O2S/c1-6-18-23-14(4)19(26(18)13(2)3)17-11-12-22-20(25-17)24-15-7-9-16(10-8-15)29(27,28)21-5/h7-13,21H,6H2,1-5H3,(H,22,24,25). The smallest absolute Gasteiger partial charge is 0.240 e. The van der Waals surface area contributed by atoms with Crippen LogP contribution >= 0.6 is 0 Å². The van der Waals surface area contributed by atoms with Crippen molar-refractivity contribution in [3.63, 3.8) is 0 Å². The van der Waals surface area contributed by atoms with Crippen molar-refractivity contribution in [3.8, 4) is 11.4 Å². The van der Waals surface area contributed by atoms with Crippen LogP contribution in [0.4, 0.5) is 11.6 Å². The van der Waals surface area contributed by atoms with Gasteiger partial charge in [-0.3, -0.25) is 0 Å². The molecule has 0 spiro atoms. The molecule has 2 heterocycles. The first-order valence-electron chi connectivity index (χ1n) is 9.48. The van der Waals surface area contributed by atoms with Crippen LogP contribution in [0.15, 0.2) is 41.4 Å². The molecule has 0 aliphatic heterocycles. The SMILES string of the molecule is CCc1nc(C)c(-c2ccnc(Nc3ccc(S(=O)(=O)NC)cc3)n2)n1C(C)C. The summed E-state index contributed by atoms with van der Waals surface area (Å²) in [5, 5.41) is 3.13. The number of benzene rings is 1. The number of nitrogens with one attached hydrogen (secondary N) is 2. The number of hydrogen-bond donors (Lipinski definition) is 2. The lowest BCUT2D eigenvalue weighted by molar-refractivity contribution is 0.576. The zero-order valence-electron chi connectivity index (χ0n) is 17.3. The zero-order valence-corrected chi connectivity index (χ0v) is 18.1. The van der Waals surface area contributed by atoms with Crippen molar-refractivity contribution in [1.82, 2.24) is 24.2 Å². The summed E-state index contributed by atoms with van der Waals surface area (Å²) < 4.78 is 28.2. The predicted octanol–water partition coefficient (Wildman–Crippen LogP) is 3.44. The van der Waals surface area contributed by atoms with Gasteiger partial charge in [0.05, 0.1) is 22.0 Å². The third kappa shape index (κ3) is 4.30. The highest BCUT2D eigenvalue weighted by Crippen LogP contribution is 2.28. The summed E-state index contributed by atoms with van der Waals surface area (Å²) in [5.74, 6) is 1.46. The van der Waals surface area contributed by atoms with E-state index in [2.05, 4.69) is 45.3 Å². The number of anilines is 2. The summed E-state index contributed by atoms with van der Waals surface area (Å²) in [7, 11) is -2.08. The van der Waals surface area contributed by atoms with E-state index in [1.54, 1.807) is 18.3 Å². The first kappa shape index (κ1) is 20.9. The van der Waals surface area contributed by atoms with E-state index >= 15 is 0 Å². The van der Waals surface area contributed by atoms with Gasteiger partial charge in [-0.2, -0.15) is 0 Å². The van der Waals surface area contributed by atoms with Gasteiger partial charge in [0.1, 0.15) is 5.82 Å². The van der Waals surface area contributed by atoms with Crippen LogP contribution in [0.3, 0.4) is 0 Å². The average Bonchev–Trinajstić information content (AvgIpc) is 3.05. The van der Waals surface area contributed by atoms with Crippen molar-refractivity contribution < 1.29 is 8.42 Å². The Morgan fingerprint density at radius 1 is 1.10 bits per heavy atom. The van der Waals surface area contributed by atoms with E-state index in [1.807, 2.05) is 13.0 Å². The number of rotatable bonds is 7. The first-order valence-corrected chi connectivity index (χ1v) is 11.0. The number of imidazole rings is 1. The monoisotopic (exact) mass is 414 g/mol. The predicted molar refractivity (Wildman–Crippen MR) is 114 cm³/mol. The fourth-order valence-corrected chi connectivity index (χ4v) is 3.96. The summed E-state index contributed by atoms with van der Waals surface area (Å²) in [6.45, 7) is 8.34. The lowest BCUT2D eigenvalue weighted by atomic mass is 10.2. The van der Waals surface area contributed by atoms with Gasteiger partial charge >= 0.3 is 0 Å². The molecule has 0 amide bonds. The van der Waals surface area contributed by atoms with Gasteiger partial charge in [-0.1, -0.05) is 6.92 Å². The third-order valence-corrected chi connectivity index (χ3v) is 6.01. The van der Waals surface area contributed by atoms with Crippen LogP contribution in [0.1, 0.15) is 38.3 Å². The van der Waals surface area contributed by atoms with Gasteiger partial charge < -0.3 is 9.88 Å². The lowest BCUT2D eigenvalue weighted by Crippen LogP contribution is -2.18. The van der Waals surface area contributed by atoms with E-state index in [-0.39, 0.29) is 10.9 Å². The second-order valence-electron chi connectivity index (χ2n) is 6.90. The lowest BCUT2D eigenvalue weighted by Gasteiger charge is -2.15. The second kappa shape index (κ2) is 8.30. The molecule has 2 aromatic heterocycles. The number of sulfonamides is 1. The van der Waals surface area contributed by atoms with E-state index in [1.165, 1.54) is 19.2 Å². The molecule has 1 aromatic carbocycles. The highest BCUT2D eigenvalue weighted by atomic mass is 32.2. The van der Waals surface area contributed by atoms with E-state index in [9.17, 15) is 8.42 Å². The molecule has 3 rings (SSSR count). The molecule has 0 aliphatic rings. The van der Waals surface area contributed by atoms with E-state index in [0.717, 1.165) is 29.3 Å². The maximum atomic E-state index is 11.9. The van der Waals surface area contributed by atoms with E-state index in [0.29, 0.717) is 11.6 Å². The molecule has 0 unspecified atom stereocenters. The van der Waals surface area contributed by atoms with Crippen LogP contribution in [-0.4, -0.2) is 35.0 Å². The topological polar surface area (TPSA) is 102 Å². The van der Waals surface area contributed by atoms with Crippen LogP contribution in [0, 0.1) is 6.92 Å². The van der Waals surface area contributed by atoms with E-state index < -0.39 is 10.0 Å². The highest BCUT2D eigenvalue weighted by Gasteiger charge is 2.19. The molecule has 0 fully saturated rings. The van der Waals surface area contributed by atoms with Gasteiger partial charge in [0.15, 0.2) is 0 Å². The van der Waals surface area contributed by atoms with Crippen molar-refractivity contribution in [2.45, 2.75) is 45.1 Å². The molecule has 8 nitrogen and oxygen atoms in total. The first-order chi connectivity index (χ1) is 13.8. The summed E-state index contributed by atoms with van der Waals surface area (Å²) in [6, 6.07) is 8.55. The van der Waals surface area contributed by atoms with Crippen LogP contribution in [-0.2, 0) is 16.4 Å². The van der Waals surface area contributed by atoms with Gasteiger partial charge in [0.25, 0.3) is 0 Å². The van der Waals surface area contributed by atoms with Crippen molar-refractivity contribution >= 4 is 21.7 Å². The normalized spacial score (nSPS) is 11.8. The van der Waals surface area contributed by atoms with E-state index in [4.69, 9.17) is 4.98 Å². The molecule has 0 radical (unpaired) electrons. The number of aromatic nitrogens is 4. The Morgan fingerprint density at radius 3 is 2.38 bits per heavy atom. The Hall–Kier alpha value is -2.78. The van der Waals surface area contributed by atoms with Gasteiger partial charge in [0.2, 0.25) is 16.0 Å². The number of hydrogen-bond acceptors (Lipinski definition) is 6. The zero-order chi connectivity index (χ0) is 21.2. The maximum Gasteiger partial charge on any atom is 0.240 e. The quantitative estimate of drug-likeness (QED) is 0.614. The Labute approximate surface area is 171 Å². The highest BCUT2D eigenvalue weighted by molar-refractivity contribution is 7.89. The van der Waals surface area contributed by atoms with Gasteiger partial charge in [0, 0.05) is 24.3 Å². The summed E-state index contributed by atoms with van der Waals surface area (Å²) in [5.41, 5.74) is 3.40. The van der Waals surface area contributed by atoms with Crippen molar-refractivity contribution in [3.05, 3.63) is 48.0 Å². The molecule has 0 aliphatic carbocycles.